The van der Waals surface area contributed by atoms with Crippen LogP contribution in [0, 0.1) is 13.0 Å². The van der Waals surface area contributed by atoms with Crippen molar-refractivity contribution in [1.29, 1.82) is 0 Å². The van der Waals surface area contributed by atoms with Crippen LogP contribution in [-0.2, 0) is 32.7 Å². The van der Waals surface area contributed by atoms with Gasteiger partial charge >= 0.3 is 32.7 Å². The fourth-order valence-electron chi connectivity index (χ4n) is 1.28. The molecule has 0 unspecified atom stereocenters. The molecule has 0 aliphatic heterocycles. The predicted octanol–water partition coefficient (Wildman–Crippen LogP) is 2.65. The summed E-state index contributed by atoms with van der Waals surface area (Å²) in [6.45, 7) is 1.87. The van der Waals surface area contributed by atoms with E-state index < -0.39 is 0 Å². The third-order valence-corrected chi connectivity index (χ3v) is 2.00. The van der Waals surface area contributed by atoms with Crippen LogP contribution in [0.1, 0.15) is 5.56 Å². The summed E-state index contributed by atoms with van der Waals surface area (Å²) in [6.07, 6.45) is 0. The standard InChI is InChI=1S/C11H9O.Y/c1-8-6-7-9-4-2-3-5-10(9)11(8)12;/h2-6,12H,1H3;/q-1;+3. The van der Waals surface area contributed by atoms with Gasteiger partial charge in [0.1, 0.15) is 0 Å². The molecule has 2 aromatic carbocycles. The Kier molecular flexibility index (Phi) is 3.46. The zero-order valence-corrected chi connectivity index (χ0v) is 10.2. The number of aromatic hydroxyl groups is 1. The molecule has 0 aromatic heterocycles. The Hall–Kier alpha value is -0.396. The third kappa shape index (κ3) is 1.92. The van der Waals surface area contributed by atoms with Crippen LogP contribution in [0.15, 0.2) is 30.3 Å². The molecule has 2 rings (SSSR count). The van der Waals surface area contributed by atoms with Gasteiger partial charge in [-0.05, 0) is 0 Å². The molecule has 60 valence electrons. The Morgan fingerprint density at radius 1 is 1.23 bits per heavy atom. The van der Waals surface area contributed by atoms with Crippen LogP contribution < -0.4 is 0 Å². The van der Waals surface area contributed by atoms with Gasteiger partial charge in [-0.15, -0.1) is 29.7 Å². The van der Waals surface area contributed by atoms with Gasteiger partial charge in [0.2, 0.25) is 0 Å². The van der Waals surface area contributed by atoms with Crippen molar-refractivity contribution in [2.75, 3.05) is 0 Å². The van der Waals surface area contributed by atoms with Crippen LogP contribution in [0.2, 0.25) is 0 Å². The Morgan fingerprint density at radius 2 is 1.92 bits per heavy atom. The van der Waals surface area contributed by atoms with Crippen LogP contribution in [0.25, 0.3) is 10.8 Å². The van der Waals surface area contributed by atoms with E-state index in [0.717, 1.165) is 16.3 Å². The van der Waals surface area contributed by atoms with Gasteiger partial charge in [-0.25, -0.2) is 0 Å². The predicted molar refractivity (Wildman–Crippen MR) is 49.2 cm³/mol. The van der Waals surface area contributed by atoms with Gasteiger partial charge in [-0.1, -0.05) is 30.0 Å². The number of aryl methyl sites for hydroxylation is 1. The summed E-state index contributed by atoms with van der Waals surface area (Å²) in [5.41, 5.74) is 0.869. The Bertz CT molecular complexity index is 423. The van der Waals surface area contributed by atoms with Crippen molar-refractivity contribution in [1.82, 2.24) is 0 Å². The van der Waals surface area contributed by atoms with Gasteiger partial charge in [-0.2, -0.15) is 0 Å². The number of phenols is 1. The summed E-state index contributed by atoms with van der Waals surface area (Å²) in [4.78, 5) is 0. The van der Waals surface area contributed by atoms with Gasteiger partial charge in [0.15, 0.2) is 0 Å². The van der Waals surface area contributed by atoms with Crippen molar-refractivity contribution in [3.63, 3.8) is 0 Å². The van der Waals surface area contributed by atoms with E-state index in [4.69, 9.17) is 0 Å². The zero-order chi connectivity index (χ0) is 8.55. The zero-order valence-electron chi connectivity index (χ0n) is 7.41. The second-order valence-electron chi connectivity index (χ2n) is 2.87. The Labute approximate surface area is 103 Å². The average Bonchev–Trinajstić information content (AvgIpc) is 2.12. The summed E-state index contributed by atoms with van der Waals surface area (Å²) in [5.74, 6) is 0.365. The fraction of sp³-hybridized carbons (Fsp3) is 0.0909. The van der Waals surface area contributed by atoms with E-state index in [1.165, 1.54) is 0 Å². The van der Waals surface area contributed by atoms with Gasteiger partial charge in [0.25, 0.3) is 0 Å². The van der Waals surface area contributed by atoms with Crippen LogP contribution in [0.5, 0.6) is 5.75 Å². The Morgan fingerprint density at radius 3 is 2.69 bits per heavy atom. The SMILES string of the molecule is Cc1c[c-]c2ccccc2c1O.[Y+3]. The molecule has 2 aromatic rings. The summed E-state index contributed by atoms with van der Waals surface area (Å²) in [5, 5.41) is 11.5. The monoisotopic (exact) mass is 246 g/mol. The van der Waals surface area contributed by atoms with Crippen LogP contribution >= 0.6 is 0 Å². The van der Waals surface area contributed by atoms with E-state index in [9.17, 15) is 5.11 Å². The summed E-state index contributed by atoms with van der Waals surface area (Å²) in [7, 11) is 0. The molecule has 0 atom stereocenters. The van der Waals surface area contributed by atoms with E-state index in [0.29, 0.717) is 5.75 Å². The number of benzene rings is 2. The molecule has 0 bridgehead atoms. The number of rotatable bonds is 0. The molecule has 0 aliphatic carbocycles. The number of hydrogen-bond donors (Lipinski definition) is 1. The summed E-state index contributed by atoms with van der Waals surface area (Å²) in [6, 6.07) is 12.6. The van der Waals surface area contributed by atoms with Crippen molar-refractivity contribution >= 4 is 10.8 Å². The van der Waals surface area contributed by atoms with Gasteiger partial charge in [0, 0.05) is 5.75 Å². The van der Waals surface area contributed by atoms with Crippen molar-refractivity contribution in [3.8, 4) is 5.75 Å². The molecule has 1 nitrogen and oxygen atoms in total. The summed E-state index contributed by atoms with van der Waals surface area (Å²) < 4.78 is 0. The largest absolute Gasteiger partial charge is 3.00 e. The van der Waals surface area contributed by atoms with E-state index in [1.807, 2.05) is 31.2 Å². The first-order valence-corrected chi connectivity index (χ1v) is 3.88. The van der Waals surface area contributed by atoms with Gasteiger partial charge < -0.3 is 5.11 Å². The minimum Gasteiger partial charge on any atom is -0.527 e. The minimum absolute atomic E-state index is 0. The molecule has 0 saturated carbocycles. The van der Waals surface area contributed by atoms with Crippen molar-refractivity contribution in [2.24, 2.45) is 0 Å². The molecule has 0 fully saturated rings. The van der Waals surface area contributed by atoms with Crippen molar-refractivity contribution in [2.45, 2.75) is 6.92 Å². The topological polar surface area (TPSA) is 20.2 Å². The minimum atomic E-state index is 0. The fourth-order valence-corrected chi connectivity index (χ4v) is 1.28. The number of fused-ring (bicyclic) bond motifs is 1. The second kappa shape index (κ2) is 4.21. The average molecular weight is 246 g/mol. The van der Waals surface area contributed by atoms with Crippen LogP contribution in [0.4, 0.5) is 0 Å². The molecule has 0 spiro atoms. The maximum absolute atomic E-state index is 9.64. The first-order chi connectivity index (χ1) is 5.79. The maximum Gasteiger partial charge on any atom is 3.00 e. The van der Waals surface area contributed by atoms with Crippen molar-refractivity contribution in [3.05, 3.63) is 42.0 Å². The smallest absolute Gasteiger partial charge is 0.527 e. The van der Waals surface area contributed by atoms with E-state index in [-0.39, 0.29) is 32.7 Å². The molecular formula is C11H9OY+2. The second-order valence-corrected chi connectivity index (χ2v) is 2.87. The molecule has 0 amide bonds. The molecular weight excluding hydrogens is 237 g/mol. The van der Waals surface area contributed by atoms with Gasteiger partial charge in [-0.3, -0.25) is 0 Å². The third-order valence-electron chi connectivity index (χ3n) is 2.00. The van der Waals surface area contributed by atoms with Crippen LogP contribution in [0.3, 0.4) is 0 Å². The summed E-state index contributed by atoms with van der Waals surface area (Å²) >= 11 is 0. The molecule has 0 heterocycles. The van der Waals surface area contributed by atoms with Gasteiger partial charge in [0.05, 0.1) is 0 Å². The maximum atomic E-state index is 9.64. The molecule has 0 aliphatic rings. The van der Waals surface area contributed by atoms with E-state index in [2.05, 4.69) is 6.07 Å². The number of phenolic OH excluding ortho intramolecular Hbond substituents is 1. The van der Waals surface area contributed by atoms with E-state index in [1.54, 1.807) is 6.07 Å². The first kappa shape index (κ1) is 10.7. The first-order valence-electron chi connectivity index (χ1n) is 3.88. The molecule has 13 heavy (non-hydrogen) atoms. The van der Waals surface area contributed by atoms with Crippen molar-refractivity contribution < 1.29 is 37.8 Å². The molecule has 1 N–H and O–H groups in total. The molecule has 0 radical (unpaired) electrons. The molecule has 0 saturated heterocycles. The normalized spacial score (nSPS) is 9.62. The number of hydrogen-bond acceptors (Lipinski definition) is 1. The van der Waals surface area contributed by atoms with E-state index >= 15 is 0 Å². The quantitative estimate of drug-likeness (QED) is 0.708. The molecule has 2 heteroatoms. The van der Waals surface area contributed by atoms with Crippen LogP contribution in [-0.4, -0.2) is 5.11 Å². The Balaban J connectivity index is 0.000000845.